The SMILES string of the molecule is O=C(Cc1ccc(F)cc1)N1CCN(Cc2ccc(-c3noc(-c4cccc(C(F)(F)F)c4)n3)cc2)CC1. The van der Waals surface area contributed by atoms with Gasteiger partial charge >= 0.3 is 6.18 Å². The Balaban J connectivity index is 1.15. The van der Waals surface area contributed by atoms with E-state index in [0.29, 0.717) is 25.2 Å². The number of amides is 1. The Morgan fingerprint density at radius 2 is 1.55 bits per heavy atom. The van der Waals surface area contributed by atoms with E-state index in [1.165, 1.54) is 24.3 Å². The van der Waals surface area contributed by atoms with Crippen LogP contribution >= 0.6 is 0 Å². The number of alkyl halides is 3. The lowest BCUT2D eigenvalue weighted by Crippen LogP contribution is -2.48. The van der Waals surface area contributed by atoms with Crippen LogP contribution in [0.1, 0.15) is 16.7 Å². The zero-order valence-electron chi connectivity index (χ0n) is 20.3. The second-order valence-corrected chi connectivity index (χ2v) is 9.16. The van der Waals surface area contributed by atoms with Crippen molar-refractivity contribution in [1.82, 2.24) is 19.9 Å². The van der Waals surface area contributed by atoms with Gasteiger partial charge in [0.1, 0.15) is 5.82 Å². The normalized spacial score (nSPS) is 14.6. The van der Waals surface area contributed by atoms with Gasteiger partial charge in [0.25, 0.3) is 5.89 Å². The Hall–Kier alpha value is -4.05. The molecule has 0 spiro atoms. The summed E-state index contributed by atoms with van der Waals surface area (Å²) >= 11 is 0. The maximum atomic E-state index is 13.1. The van der Waals surface area contributed by atoms with Crippen LogP contribution in [0.4, 0.5) is 17.6 Å². The molecule has 10 heteroatoms. The van der Waals surface area contributed by atoms with Crippen molar-refractivity contribution in [2.75, 3.05) is 26.2 Å². The fourth-order valence-electron chi connectivity index (χ4n) is 4.35. The number of halogens is 4. The zero-order chi connectivity index (χ0) is 26.7. The van der Waals surface area contributed by atoms with Gasteiger partial charge in [-0.15, -0.1) is 0 Å². The highest BCUT2D eigenvalue weighted by molar-refractivity contribution is 5.78. The highest BCUT2D eigenvalue weighted by Crippen LogP contribution is 2.32. The second-order valence-electron chi connectivity index (χ2n) is 9.16. The molecule has 1 fully saturated rings. The number of aromatic nitrogens is 2. The number of carbonyl (C=O) groups excluding carboxylic acids is 1. The lowest BCUT2D eigenvalue weighted by atomic mass is 10.1. The Labute approximate surface area is 216 Å². The minimum Gasteiger partial charge on any atom is -0.340 e. The van der Waals surface area contributed by atoms with Crippen molar-refractivity contribution in [3.05, 3.63) is 95.3 Å². The third kappa shape index (κ3) is 6.08. The smallest absolute Gasteiger partial charge is 0.340 e. The molecule has 2 heterocycles. The Morgan fingerprint density at radius 1 is 0.868 bits per heavy atom. The van der Waals surface area contributed by atoms with Gasteiger partial charge in [0.05, 0.1) is 12.0 Å². The first-order valence-corrected chi connectivity index (χ1v) is 12.1. The molecule has 3 aromatic carbocycles. The molecule has 6 nitrogen and oxygen atoms in total. The van der Waals surface area contributed by atoms with E-state index in [9.17, 15) is 22.4 Å². The number of rotatable bonds is 6. The number of benzene rings is 3. The van der Waals surface area contributed by atoms with Crippen LogP contribution in [-0.2, 0) is 23.9 Å². The molecule has 1 aromatic heterocycles. The van der Waals surface area contributed by atoms with Crippen molar-refractivity contribution in [3.63, 3.8) is 0 Å². The van der Waals surface area contributed by atoms with E-state index in [1.54, 1.807) is 12.1 Å². The van der Waals surface area contributed by atoms with Crippen LogP contribution in [0.2, 0.25) is 0 Å². The first-order valence-electron chi connectivity index (χ1n) is 12.1. The van der Waals surface area contributed by atoms with E-state index in [4.69, 9.17) is 4.52 Å². The molecule has 38 heavy (non-hydrogen) atoms. The summed E-state index contributed by atoms with van der Waals surface area (Å²) in [5, 5.41) is 3.93. The Morgan fingerprint density at radius 3 is 2.24 bits per heavy atom. The summed E-state index contributed by atoms with van der Waals surface area (Å²) in [4.78, 5) is 20.9. The van der Waals surface area contributed by atoms with Crippen molar-refractivity contribution < 1.29 is 26.9 Å². The van der Waals surface area contributed by atoms with Crippen molar-refractivity contribution in [1.29, 1.82) is 0 Å². The molecule has 0 aliphatic carbocycles. The van der Waals surface area contributed by atoms with Crippen LogP contribution in [0, 0.1) is 5.82 Å². The third-order valence-corrected chi connectivity index (χ3v) is 6.47. The average molecular weight is 525 g/mol. The Bertz CT molecular complexity index is 1390. The molecule has 0 N–H and O–H groups in total. The number of hydrogen-bond acceptors (Lipinski definition) is 5. The van der Waals surface area contributed by atoms with E-state index in [0.717, 1.165) is 36.3 Å². The summed E-state index contributed by atoms with van der Waals surface area (Å²) in [6, 6.07) is 18.3. The van der Waals surface area contributed by atoms with Crippen LogP contribution in [0.15, 0.2) is 77.3 Å². The molecule has 4 aromatic rings. The number of nitrogens with zero attached hydrogens (tertiary/aromatic N) is 4. The van der Waals surface area contributed by atoms with Crippen LogP contribution in [0.3, 0.4) is 0 Å². The van der Waals surface area contributed by atoms with Gasteiger partial charge in [0.15, 0.2) is 0 Å². The van der Waals surface area contributed by atoms with Crippen molar-refractivity contribution in [2.24, 2.45) is 0 Å². The fraction of sp³-hybridized carbons (Fsp3) is 0.250. The van der Waals surface area contributed by atoms with Gasteiger partial charge in [-0.05, 0) is 41.5 Å². The number of piperazine rings is 1. The van der Waals surface area contributed by atoms with Crippen LogP contribution in [0.25, 0.3) is 22.8 Å². The van der Waals surface area contributed by atoms with Gasteiger partial charge in [-0.3, -0.25) is 9.69 Å². The number of hydrogen-bond donors (Lipinski definition) is 0. The maximum Gasteiger partial charge on any atom is 0.416 e. The largest absolute Gasteiger partial charge is 0.416 e. The van der Waals surface area contributed by atoms with E-state index in [2.05, 4.69) is 15.0 Å². The fourth-order valence-corrected chi connectivity index (χ4v) is 4.35. The minimum absolute atomic E-state index is 0.0158. The number of carbonyl (C=O) groups is 1. The topological polar surface area (TPSA) is 62.5 Å². The van der Waals surface area contributed by atoms with Gasteiger partial charge < -0.3 is 9.42 Å². The van der Waals surface area contributed by atoms with Gasteiger partial charge in [-0.2, -0.15) is 18.2 Å². The molecule has 0 atom stereocenters. The van der Waals surface area contributed by atoms with Crippen LogP contribution in [-0.4, -0.2) is 52.0 Å². The molecule has 0 saturated carbocycles. The Kier molecular flexibility index (Phi) is 7.24. The summed E-state index contributed by atoms with van der Waals surface area (Å²) < 4.78 is 57.3. The maximum absolute atomic E-state index is 13.1. The summed E-state index contributed by atoms with van der Waals surface area (Å²) in [5.74, 6) is 0.0181. The lowest BCUT2D eigenvalue weighted by molar-refractivity contribution is -0.137. The molecule has 1 aliphatic rings. The standard InChI is InChI=1S/C28H24F4N4O2/c29-24-10-6-19(7-11-24)16-25(37)36-14-12-35(13-15-36)18-20-4-8-21(9-5-20)26-33-27(38-34-26)22-2-1-3-23(17-22)28(30,31)32/h1-11,17H,12-16,18H2. The molecular formula is C28H24F4N4O2. The molecule has 196 valence electrons. The molecule has 0 unspecified atom stereocenters. The van der Waals surface area contributed by atoms with E-state index in [1.807, 2.05) is 29.2 Å². The van der Waals surface area contributed by atoms with Gasteiger partial charge in [0.2, 0.25) is 11.7 Å². The van der Waals surface area contributed by atoms with Crippen LogP contribution in [0.5, 0.6) is 0 Å². The van der Waals surface area contributed by atoms with Gasteiger partial charge in [-0.1, -0.05) is 47.6 Å². The molecule has 1 amide bonds. The first kappa shape index (κ1) is 25.6. The van der Waals surface area contributed by atoms with E-state index >= 15 is 0 Å². The molecular weight excluding hydrogens is 500 g/mol. The quantitative estimate of drug-likeness (QED) is 0.314. The first-order chi connectivity index (χ1) is 18.2. The van der Waals surface area contributed by atoms with Gasteiger partial charge in [0, 0.05) is 43.9 Å². The summed E-state index contributed by atoms with van der Waals surface area (Å²) in [7, 11) is 0. The summed E-state index contributed by atoms with van der Waals surface area (Å²) in [6.45, 7) is 3.44. The second kappa shape index (κ2) is 10.7. The van der Waals surface area contributed by atoms with Crippen molar-refractivity contribution in [3.8, 4) is 22.8 Å². The van der Waals surface area contributed by atoms with E-state index in [-0.39, 0.29) is 35.4 Å². The van der Waals surface area contributed by atoms with Crippen molar-refractivity contribution in [2.45, 2.75) is 19.1 Å². The molecule has 1 saturated heterocycles. The molecule has 5 rings (SSSR count). The third-order valence-electron chi connectivity index (χ3n) is 6.47. The molecule has 0 radical (unpaired) electrons. The van der Waals surface area contributed by atoms with E-state index < -0.39 is 11.7 Å². The predicted molar refractivity (Wildman–Crippen MR) is 132 cm³/mol. The highest BCUT2D eigenvalue weighted by Gasteiger charge is 2.31. The molecule has 1 aliphatic heterocycles. The average Bonchev–Trinajstić information content (AvgIpc) is 3.41. The van der Waals surface area contributed by atoms with Gasteiger partial charge in [-0.25, -0.2) is 4.39 Å². The highest BCUT2D eigenvalue weighted by atomic mass is 19.4. The zero-order valence-corrected chi connectivity index (χ0v) is 20.3. The molecule has 0 bridgehead atoms. The lowest BCUT2D eigenvalue weighted by Gasteiger charge is -2.34. The van der Waals surface area contributed by atoms with Crippen molar-refractivity contribution >= 4 is 5.91 Å². The summed E-state index contributed by atoms with van der Waals surface area (Å²) in [6.07, 6.45) is -4.20. The van der Waals surface area contributed by atoms with Crippen LogP contribution < -0.4 is 0 Å². The minimum atomic E-state index is -4.46. The monoisotopic (exact) mass is 524 g/mol. The predicted octanol–water partition coefficient (Wildman–Crippen LogP) is 5.45. The summed E-state index contributed by atoms with van der Waals surface area (Å²) in [5.41, 5.74) is 1.97.